The van der Waals surface area contributed by atoms with Crippen LogP contribution in [-0.4, -0.2) is 33.5 Å². The molecular formula is C17H18N2O5. The minimum atomic E-state index is -0.177. The van der Waals surface area contributed by atoms with E-state index in [2.05, 4.69) is 10.6 Å². The topological polar surface area (TPSA) is 78.1 Å². The summed E-state index contributed by atoms with van der Waals surface area (Å²) in [4.78, 5) is 12.1. The van der Waals surface area contributed by atoms with Crippen LogP contribution in [0.15, 0.2) is 36.4 Å². The number of hydrogen-bond donors (Lipinski definition) is 2. The largest absolute Gasteiger partial charge is 0.493 e. The summed E-state index contributed by atoms with van der Waals surface area (Å²) in [5.74, 6) is 2.35. The predicted molar refractivity (Wildman–Crippen MR) is 89.2 cm³/mol. The average molecular weight is 330 g/mol. The van der Waals surface area contributed by atoms with E-state index < -0.39 is 0 Å². The predicted octanol–water partition coefficient (Wildman–Crippen LogP) is 2.48. The van der Waals surface area contributed by atoms with Crippen LogP contribution in [-0.2, 0) is 4.79 Å². The Kier molecular flexibility index (Phi) is 4.60. The van der Waals surface area contributed by atoms with Crippen LogP contribution in [0.5, 0.6) is 23.0 Å². The number of fused-ring (bicyclic) bond motifs is 1. The zero-order valence-electron chi connectivity index (χ0n) is 13.4. The summed E-state index contributed by atoms with van der Waals surface area (Å²) in [5, 5.41) is 5.84. The smallest absolute Gasteiger partial charge is 0.243 e. The molecule has 0 saturated heterocycles. The SMILES string of the molecule is COc1ccc(NCC(=O)Nc2ccc3c(c2)OCO3)cc1OC. The fourth-order valence-electron chi connectivity index (χ4n) is 2.31. The van der Waals surface area contributed by atoms with Crippen molar-refractivity contribution in [3.8, 4) is 23.0 Å². The van der Waals surface area contributed by atoms with Gasteiger partial charge in [-0.05, 0) is 24.3 Å². The molecule has 0 radical (unpaired) electrons. The quantitative estimate of drug-likeness (QED) is 0.847. The van der Waals surface area contributed by atoms with Crippen molar-refractivity contribution in [2.24, 2.45) is 0 Å². The van der Waals surface area contributed by atoms with Gasteiger partial charge in [0.05, 0.1) is 20.8 Å². The number of carbonyl (C=O) groups is 1. The highest BCUT2D eigenvalue weighted by molar-refractivity contribution is 5.94. The summed E-state index contributed by atoms with van der Waals surface area (Å²) in [7, 11) is 3.14. The molecule has 0 aromatic heterocycles. The van der Waals surface area contributed by atoms with E-state index in [9.17, 15) is 4.79 Å². The second kappa shape index (κ2) is 6.99. The molecule has 2 aromatic carbocycles. The van der Waals surface area contributed by atoms with Gasteiger partial charge in [-0.25, -0.2) is 0 Å². The van der Waals surface area contributed by atoms with Crippen LogP contribution in [0, 0.1) is 0 Å². The van der Waals surface area contributed by atoms with Crippen molar-refractivity contribution in [1.82, 2.24) is 0 Å². The molecule has 7 heteroatoms. The maximum Gasteiger partial charge on any atom is 0.243 e. The van der Waals surface area contributed by atoms with E-state index in [0.717, 1.165) is 5.69 Å². The Hall–Kier alpha value is -3.09. The number of amides is 1. The molecule has 0 aliphatic carbocycles. The molecule has 1 aliphatic heterocycles. The third kappa shape index (κ3) is 3.45. The number of anilines is 2. The molecule has 2 N–H and O–H groups in total. The van der Waals surface area contributed by atoms with E-state index in [1.807, 2.05) is 6.07 Å². The van der Waals surface area contributed by atoms with Gasteiger partial charge in [0.2, 0.25) is 12.7 Å². The lowest BCUT2D eigenvalue weighted by atomic mass is 10.2. The van der Waals surface area contributed by atoms with Crippen molar-refractivity contribution in [2.45, 2.75) is 0 Å². The molecule has 0 fully saturated rings. The van der Waals surface area contributed by atoms with E-state index in [0.29, 0.717) is 28.7 Å². The molecule has 0 unspecified atom stereocenters. The van der Waals surface area contributed by atoms with E-state index in [4.69, 9.17) is 18.9 Å². The highest BCUT2D eigenvalue weighted by Crippen LogP contribution is 2.34. The number of ether oxygens (including phenoxy) is 4. The van der Waals surface area contributed by atoms with Crippen LogP contribution in [0.2, 0.25) is 0 Å². The van der Waals surface area contributed by atoms with Gasteiger partial charge in [-0.1, -0.05) is 0 Å². The van der Waals surface area contributed by atoms with Crippen molar-refractivity contribution in [3.05, 3.63) is 36.4 Å². The fourth-order valence-corrected chi connectivity index (χ4v) is 2.31. The monoisotopic (exact) mass is 330 g/mol. The van der Waals surface area contributed by atoms with Crippen LogP contribution >= 0.6 is 0 Å². The molecule has 0 bridgehead atoms. The highest BCUT2D eigenvalue weighted by atomic mass is 16.7. The summed E-state index contributed by atoms with van der Waals surface area (Å²) in [6.07, 6.45) is 0. The van der Waals surface area contributed by atoms with Gasteiger partial charge in [0.1, 0.15) is 0 Å². The Morgan fingerprint density at radius 1 is 1.00 bits per heavy atom. The van der Waals surface area contributed by atoms with Crippen molar-refractivity contribution < 1.29 is 23.7 Å². The number of hydrogen-bond acceptors (Lipinski definition) is 6. The Labute approximate surface area is 139 Å². The lowest BCUT2D eigenvalue weighted by Crippen LogP contribution is -2.21. The minimum Gasteiger partial charge on any atom is -0.493 e. The van der Waals surface area contributed by atoms with Crippen LogP contribution in [0.25, 0.3) is 0 Å². The lowest BCUT2D eigenvalue weighted by Gasteiger charge is -2.11. The zero-order valence-corrected chi connectivity index (χ0v) is 13.4. The van der Waals surface area contributed by atoms with Crippen LogP contribution in [0.3, 0.4) is 0 Å². The molecule has 0 saturated carbocycles. The van der Waals surface area contributed by atoms with Gasteiger partial charge in [0.15, 0.2) is 23.0 Å². The fraction of sp³-hybridized carbons (Fsp3) is 0.235. The molecule has 0 spiro atoms. The van der Waals surface area contributed by atoms with Gasteiger partial charge in [0, 0.05) is 23.5 Å². The molecular weight excluding hydrogens is 312 g/mol. The summed E-state index contributed by atoms with van der Waals surface area (Å²) in [5.41, 5.74) is 1.41. The first-order chi connectivity index (χ1) is 11.7. The maximum atomic E-state index is 12.1. The van der Waals surface area contributed by atoms with Gasteiger partial charge in [-0.3, -0.25) is 4.79 Å². The first kappa shape index (κ1) is 15.8. The molecule has 0 atom stereocenters. The standard InChI is InChI=1S/C17H18N2O5/c1-21-13-5-3-11(7-15(13)22-2)18-9-17(20)19-12-4-6-14-16(8-12)24-10-23-14/h3-8,18H,9-10H2,1-2H3,(H,19,20). The molecule has 24 heavy (non-hydrogen) atoms. The second-order valence-corrected chi connectivity index (χ2v) is 5.04. The Balaban J connectivity index is 1.57. The molecule has 3 rings (SSSR count). The van der Waals surface area contributed by atoms with Crippen LogP contribution in [0.4, 0.5) is 11.4 Å². The zero-order chi connectivity index (χ0) is 16.9. The molecule has 1 aliphatic rings. The lowest BCUT2D eigenvalue weighted by molar-refractivity contribution is -0.114. The van der Waals surface area contributed by atoms with Crippen LogP contribution < -0.4 is 29.6 Å². The first-order valence-corrected chi connectivity index (χ1v) is 7.35. The Morgan fingerprint density at radius 2 is 1.75 bits per heavy atom. The molecule has 1 amide bonds. The molecule has 7 nitrogen and oxygen atoms in total. The van der Waals surface area contributed by atoms with E-state index in [1.54, 1.807) is 44.6 Å². The number of nitrogens with one attached hydrogen (secondary N) is 2. The number of carbonyl (C=O) groups excluding carboxylic acids is 1. The summed E-state index contributed by atoms with van der Waals surface area (Å²) in [6, 6.07) is 10.6. The van der Waals surface area contributed by atoms with Gasteiger partial charge in [-0.15, -0.1) is 0 Å². The van der Waals surface area contributed by atoms with Gasteiger partial charge in [0.25, 0.3) is 0 Å². The normalized spacial score (nSPS) is 11.8. The van der Waals surface area contributed by atoms with Gasteiger partial charge < -0.3 is 29.6 Å². The first-order valence-electron chi connectivity index (χ1n) is 7.35. The third-order valence-corrected chi connectivity index (χ3v) is 3.49. The van der Waals surface area contributed by atoms with Gasteiger partial charge in [-0.2, -0.15) is 0 Å². The highest BCUT2D eigenvalue weighted by Gasteiger charge is 2.14. The summed E-state index contributed by atoms with van der Waals surface area (Å²) in [6.45, 7) is 0.317. The van der Waals surface area contributed by atoms with E-state index >= 15 is 0 Å². The maximum absolute atomic E-state index is 12.1. The van der Waals surface area contributed by atoms with Crippen molar-refractivity contribution in [2.75, 3.05) is 38.2 Å². The number of methoxy groups -OCH3 is 2. The average Bonchev–Trinajstić information content (AvgIpc) is 3.07. The number of rotatable bonds is 6. The third-order valence-electron chi connectivity index (χ3n) is 3.49. The molecule has 1 heterocycles. The Morgan fingerprint density at radius 3 is 2.54 bits per heavy atom. The minimum absolute atomic E-state index is 0.115. The summed E-state index contributed by atoms with van der Waals surface area (Å²) >= 11 is 0. The van der Waals surface area contributed by atoms with Crippen molar-refractivity contribution >= 4 is 17.3 Å². The van der Waals surface area contributed by atoms with E-state index in [-0.39, 0.29) is 19.2 Å². The second-order valence-electron chi connectivity index (χ2n) is 5.04. The molecule has 126 valence electrons. The summed E-state index contributed by atoms with van der Waals surface area (Å²) < 4.78 is 20.9. The number of benzene rings is 2. The van der Waals surface area contributed by atoms with Crippen molar-refractivity contribution in [3.63, 3.8) is 0 Å². The van der Waals surface area contributed by atoms with E-state index in [1.165, 1.54) is 0 Å². The van der Waals surface area contributed by atoms with Crippen molar-refractivity contribution in [1.29, 1.82) is 0 Å². The molecule has 2 aromatic rings. The Bertz CT molecular complexity index is 748. The van der Waals surface area contributed by atoms with Gasteiger partial charge >= 0.3 is 0 Å². The van der Waals surface area contributed by atoms with Crippen LogP contribution in [0.1, 0.15) is 0 Å².